The van der Waals surface area contributed by atoms with Crippen LogP contribution in [0.15, 0.2) is 72.8 Å². The summed E-state index contributed by atoms with van der Waals surface area (Å²) in [7, 11) is 0. The average Bonchev–Trinajstić information content (AvgIpc) is 3.20. The van der Waals surface area contributed by atoms with E-state index in [9.17, 15) is 18.0 Å². The fraction of sp³-hybridized carbons (Fsp3) is 0.154. The molecule has 0 bridgehead atoms. The minimum Gasteiger partial charge on any atom is -0.340 e. The molecule has 0 spiro atoms. The summed E-state index contributed by atoms with van der Waals surface area (Å²) in [5.41, 5.74) is 2.76. The van der Waals surface area contributed by atoms with Crippen molar-refractivity contribution in [1.82, 2.24) is 14.5 Å². The van der Waals surface area contributed by atoms with Crippen molar-refractivity contribution >= 4 is 17.4 Å². The molecular weight excluding hydrogens is 441 g/mol. The molecule has 0 saturated carbocycles. The molecule has 5 nitrogen and oxygen atoms in total. The Morgan fingerprint density at radius 1 is 0.824 bits per heavy atom. The second-order valence-corrected chi connectivity index (χ2v) is 8.13. The van der Waals surface area contributed by atoms with Crippen LogP contribution in [0, 0.1) is 17.5 Å². The molecule has 8 heteroatoms. The summed E-state index contributed by atoms with van der Waals surface area (Å²) in [6.07, 6.45) is 0.173. The molecule has 2 heterocycles. The summed E-state index contributed by atoms with van der Waals surface area (Å²) in [6, 6.07) is 17.9. The van der Waals surface area contributed by atoms with E-state index in [1.54, 1.807) is 41.3 Å². The highest BCUT2D eigenvalue weighted by atomic mass is 19.1. The summed E-state index contributed by atoms with van der Waals surface area (Å²) in [4.78, 5) is 19.4. The molecule has 0 radical (unpaired) electrons. The molecule has 3 aromatic carbocycles. The summed E-state index contributed by atoms with van der Waals surface area (Å²) in [6.45, 7) is 1.28. The van der Waals surface area contributed by atoms with Gasteiger partial charge in [-0.05, 0) is 66.2 Å². The minimum absolute atomic E-state index is 0.0720. The highest BCUT2D eigenvalue weighted by Gasteiger charge is 2.27. The van der Waals surface area contributed by atoms with Crippen LogP contribution in [0.25, 0.3) is 11.3 Å². The number of imidazole rings is 1. The van der Waals surface area contributed by atoms with Crippen LogP contribution in [-0.4, -0.2) is 26.9 Å². The van der Waals surface area contributed by atoms with Gasteiger partial charge in [-0.15, -0.1) is 0 Å². The second-order valence-electron chi connectivity index (χ2n) is 8.13. The van der Waals surface area contributed by atoms with Crippen LogP contribution in [-0.2, 0) is 24.3 Å². The van der Waals surface area contributed by atoms with Gasteiger partial charge in [0.2, 0.25) is 5.91 Å². The van der Waals surface area contributed by atoms with Crippen molar-refractivity contribution in [3.63, 3.8) is 0 Å². The molecule has 34 heavy (non-hydrogen) atoms. The van der Waals surface area contributed by atoms with Crippen molar-refractivity contribution in [2.75, 3.05) is 11.9 Å². The number of aromatic nitrogens is 2. The lowest BCUT2D eigenvalue weighted by atomic mass is 10.1. The quantitative estimate of drug-likeness (QED) is 0.438. The Labute approximate surface area is 194 Å². The average molecular weight is 462 g/mol. The SMILES string of the molecule is O=C(Cc1ccc(F)cc1)N1CCn2c(nc(-c3ccc(F)cc3)c2Nc2ccc(F)cc2)C1. The van der Waals surface area contributed by atoms with E-state index in [2.05, 4.69) is 5.32 Å². The van der Waals surface area contributed by atoms with Crippen LogP contribution in [0.5, 0.6) is 0 Å². The smallest absolute Gasteiger partial charge is 0.227 e. The molecule has 0 fully saturated rings. The van der Waals surface area contributed by atoms with E-state index in [4.69, 9.17) is 4.98 Å². The lowest BCUT2D eigenvalue weighted by Gasteiger charge is -2.28. The van der Waals surface area contributed by atoms with E-state index in [-0.39, 0.29) is 29.8 Å². The molecule has 4 aromatic rings. The van der Waals surface area contributed by atoms with Crippen molar-refractivity contribution in [2.24, 2.45) is 0 Å². The molecule has 1 N–H and O–H groups in total. The number of nitrogens with zero attached hydrogens (tertiary/aromatic N) is 3. The molecule has 5 rings (SSSR count). The lowest BCUT2D eigenvalue weighted by molar-refractivity contribution is -0.132. The zero-order valence-electron chi connectivity index (χ0n) is 18.1. The van der Waals surface area contributed by atoms with E-state index in [1.165, 1.54) is 36.4 Å². The zero-order valence-corrected chi connectivity index (χ0v) is 18.1. The van der Waals surface area contributed by atoms with Crippen LogP contribution in [0.1, 0.15) is 11.4 Å². The van der Waals surface area contributed by atoms with E-state index >= 15 is 0 Å². The van der Waals surface area contributed by atoms with Gasteiger partial charge in [0.05, 0.1) is 13.0 Å². The first-order chi connectivity index (χ1) is 16.5. The lowest BCUT2D eigenvalue weighted by Crippen LogP contribution is -2.39. The number of rotatable bonds is 5. The topological polar surface area (TPSA) is 50.2 Å². The van der Waals surface area contributed by atoms with Crippen LogP contribution >= 0.6 is 0 Å². The largest absolute Gasteiger partial charge is 0.340 e. The Kier molecular flexibility index (Phi) is 5.79. The predicted molar refractivity (Wildman–Crippen MR) is 123 cm³/mol. The van der Waals surface area contributed by atoms with Gasteiger partial charge in [-0.2, -0.15) is 0 Å². The normalized spacial score (nSPS) is 13.0. The van der Waals surface area contributed by atoms with E-state index in [0.717, 1.165) is 11.1 Å². The molecule has 0 aliphatic carbocycles. The van der Waals surface area contributed by atoms with Gasteiger partial charge in [0, 0.05) is 24.3 Å². The Hall–Kier alpha value is -4.07. The molecule has 1 aliphatic rings. The van der Waals surface area contributed by atoms with Gasteiger partial charge in [-0.3, -0.25) is 4.79 Å². The van der Waals surface area contributed by atoms with Crippen molar-refractivity contribution in [1.29, 1.82) is 0 Å². The Bertz CT molecular complexity index is 1320. The van der Waals surface area contributed by atoms with Crippen LogP contribution < -0.4 is 5.32 Å². The summed E-state index contributed by atoms with van der Waals surface area (Å²) >= 11 is 0. The number of carbonyl (C=O) groups is 1. The standard InChI is InChI=1S/C26H21F3N4O/c27-19-5-1-17(2-6-19)15-24(34)32-13-14-33-23(16-32)31-25(18-3-7-20(28)8-4-18)26(33)30-22-11-9-21(29)10-12-22/h1-12,30H,13-16H2. The maximum atomic E-state index is 13.5. The minimum atomic E-state index is -0.349. The third kappa shape index (κ3) is 4.52. The number of anilines is 2. The second kappa shape index (κ2) is 9.05. The maximum absolute atomic E-state index is 13.5. The number of amides is 1. The highest BCUT2D eigenvalue weighted by molar-refractivity contribution is 5.80. The number of halogens is 3. The molecule has 0 atom stereocenters. The molecule has 172 valence electrons. The number of benzene rings is 3. The van der Waals surface area contributed by atoms with Crippen molar-refractivity contribution < 1.29 is 18.0 Å². The molecule has 0 saturated heterocycles. The van der Waals surface area contributed by atoms with Crippen LogP contribution in [0.4, 0.5) is 24.7 Å². The Morgan fingerprint density at radius 3 is 2.06 bits per heavy atom. The highest BCUT2D eigenvalue weighted by Crippen LogP contribution is 2.33. The Morgan fingerprint density at radius 2 is 1.41 bits per heavy atom. The maximum Gasteiger partial charge on any atom is 0.227 e. The van der Waals surface area contributed by atoms with Crippen molar-refractivity contribution in [2.45, 2.75) is 19.5 Å². The fourth-order valence-electron chi connectivity index (χ4n) is 4.04. The third-order valence-corrected chi connectivity index (χ3v) is 5.82. The first-order valence-electron chi connectivity index (χ1n) is 10.9. The molecule has 1 amide bonds. The number of carbonyl (C=O) groups excluding carboxylic acids is 1. The van der Waals surface area contributed by atoms with Gasteiger partial charge in [-0.1, -0.05) is 12.1 Å². The predicted octanol–water partition coefficient (Wildman–Crippen LogP) is 5.30. The summed E-state index contributed by atoms with van der Waals surface area (Å²) in [5, 5.41) is 3.31. The summed E-state index contributed by atoms with van der Waals surface area (Å²) in [5.74, 6) is 0.276. The molecule has 0 unspecified atom stereocenters. The summed E-state index contributed by atoms with van der Waals surface area (Å²) < 4.78 is 42.1. The molecular formula is C26H21F3N4O. The first-order valence-corrected chi connectivity index (χ1v) is 10.9. The number of nitrogens with one attached hydrogen (secondary N) is 1. The van der Waals surface area contributed by atoms with Crippen molar-refractivity contribution in [3.8, 4) is 11.3 Å². The van der Waals surface area contributed by atoms with Crippen molar-refractivity contribution in [3.05, 3.63) is 102 Å². The van der Waals surface area contributed by atoms with E-state index < -0.39 is 0 Å². The van der Waals surface area contributed by atoms with Gasteiger partial charge in [-0.25, -0.2) is 18.2 Å². The molecule has 1 aliphatic heterocycles. The van der Waals surface area contributed by atoms with Gasteiger partial charge in [0.15, 0.2) is 0 Å². The van der Waals surface area contributed by atoms with E-state index in [0.29, 0.717) is 42.7 Å². The third-order valence-electron chi connectivity index (χ3n) is 5.82. The fourth-order valence-corrected chi connectivity index (χ4v) is 4.04. The van der Waals surface area contributed by atoms with Gasteiger partial charge in [0.25, 0.3) is 0 Å². The number of fused-ring (bicyclic) bond motifs is 1. The monoisotopic (exact) mass is 462 g/mol. The van der Waals surface area contributed by atoms with Gasteiger partial charge in [0.1, 0.15) is 34.8 Å². The Balaban J connectivity index is 1.44. The molecule has 1 aromatic heterocycles. The van der Waals surface area contributed by atoms with Gasteiger partial charge >= 0.3 is 0 Å². The van der Waals surface area contributed by atoms with E-state index in [1.807, 2.05) is 4.57 Å². The van der Waals surface area contributed by atoms with Gasteiger partial charge < -0.3 is 14.8 Å². The zero-order chi connectivity index (χ0) is 23.7. The number of hydrogen-bond acceptors (Lipinski definition) is 3. The first kappa shape index (κ1) is 21.8. The number of hydrogen-bond donors (Lipinski definition) is 1. The van der Waals surface area contributed by atoms with Crippen LogP contribution in [0.2, 0.25) is 0 Å². The van der Waals surface area contributed by atoms with Crippen LogP contribution in [0.3, 0.4) is 0 Å².